The van der Waals surface area contributed by atoms with Crippen molar-refractivity contribution in [2.75, 3.05) is 13.1 Å². The van der Waals surface area contributed by atoms with Crippen LogP contribution in [0.25, 0.3) is 0 Å². The molecular formula is C13H22N4O3S. The molecule has 1 aromatic rings. The molecule has 1 aliphatic heterocycles. The van der Waals surface area contributed by atoms with Crippen LogP contribution in [-0.2, 0) is 21.7 Å². The van der Waals surface area contributed by atoms with Crippen molar-refractivity contribution < 1.29 is 13.2 Å². The van der Waals surface area contributed by atoms with Crippen molar-refractivity contribution in [2.24, 2.45) is 18.9 Å². The second-order valence-corrected chi connectivity index (χ2v) is 8.26. The van der Waals surface area contributed by atoms with Crippen LogP contribution in [0.5, 0.6) is 0 Å². The van der Waals surface area contributed by atoms with Crippen LogP contribution in [0.1, 0.15) is 27.2 Å². The Morgan fingerprint density at radius 2 is 1.90 bits per heavy atom. The molecule has 0 bridgehead atoms. The summed E-state index contributed by atoms with van der Waals surface area (Å²) in [6.07, 6.45) is 2.38. The highest BCUT2D eigenvalue weighted by Crippen LogP contribution is 2.23. The third kappa shape index (κ3) is 3.09. The number of hydrogen-bond acceptors (Lipinski definition) is 5. The summed E-state index contributed by atoms with van der Waals surface area (Å²) in [7, 11) is -2.26. The van der Waals surface area contributed by atoms with Gasteiger partial charge in [0.15, 0.2) is 0 Å². The summed E-state index contributed by atoms with van der Waals surface area (Å²) in [6, 6.07) is 0. The second kappa shape index (κ2) is 5.75. The first-order valence-electron chi connectivity index (χ1n) is 7.10. The number of carbonyl (C=O) groups excluding carboxylic acids is 1. The van der Waals surface area contributed by atoms with Gasteiger partial charge in [-0.2, -0.15) is 0 Å². The topological polar surface area (TPSA) is 85.2 Å². The number of carbonyl (C=O) groups is 1. The van der Waals surface area contributed by atoms with E-state index in [2.05, 4.69) is 24.0 Å². The molecule has 0 spiro atoms. The molecule has 2 rings (SSSR count). The van der Waals surface area contributed by atoms with Crippen LogP contribution in [0, 0.1) is 11.8 Å². The SMILES string of the molecule is C[C@@H]1C[C@H](C)CN(C(=O)[C@H](C)S(=O)(=O)c2nncn2C)C1. The number of nitrogens with zero attached hydrogens (tertiary/aromatic N) is 4. The molecule has 1 fully saturated rings. The zero-order valence-corrected chi connectivity index (χ0v) is 13.7. The van der Waals surface area contributed by atoms with E-state index in [0.717, 1.165) is 6.42 Å². The summed E-state index contributed by atoms with van der Waals surface area (Å²) < 4.78 is 26.3. The van der Waals surface area contributed by atoms with Crippen LogP contribution < -0.4 is 0 Å². The fourth-order valence-corrected chi connectivity index (χ4v) is 4.26. The Morgan fingerprint density at radius 1 is 1.33 bits per heavy atom. The van der Waals surface area contributed by atoms with Gasteiger partial charge in [0.2, 0.25) is 20.9 Å². The van der Waals surface area contributed by atoms with E-state index in [4.69, 9.17) is 0 Å². The van der Waals surface area contributed by atoms with Crippen molar-refractivity contribution in [3.05, 3.63) is 6.33 Å². The molecule has 3 atom stereocenters. The number of aromatic nitrogens is 3. The maximum absolute atomic E-state index is 12.5. The standard InChI is InChI=1S/C13H22N4O3S/c1-9-5-10(2)7-17(6-9)12(18)11(3)21(19,20)13-15-14-8-16(13)4/h8-11H,5-7H2,1-4H3/t9-,10+,11-/m0/s1. The van der Waals surface area contributed by atoms with Crippen LogP contribution in [-0.4, -0.2) is 52.3 Å². The molecule has 7 nitrogen and oxygen atoms in total. The molecule has 0 aliphatic carbocycles. The second-order valence-electron chi connectivity index (χ2n) is 6.10. The molecule has 0 radical (unpaired) electrons. The number of likely N-dealkylation sites (tertiary alicyclic amines) is 1. The monoisotopic (exact) mass is 314 g/mol. The van der Waals surface area contributed by atoms with Crippen LogP contribution >= 0.6 is 0 Å². The van der Waals surface area contributed by atoms with Crippen molar-refractivity contribution in [1.29, 1.82) is 0 Å². The molecular weight excluding hydrogens is 292 g/mol. The number of hydrogen-bond donors (Lipinski definition) is 0. The zero-order valence-electron chi connectivity index (χ0n) is 12.9. The maximum atomic E-state index is 12.5. The Morgan fingerprint density at radius 3 is 2.38 bits per heavy atom. The van der Waals surface area contributed by atoms with Gasteiger partial charge in [-0.25, -0.2) is 8.42 Å². The van der Waals surface area contributed by atoms with E-state index in [1.165, 1.54) is 17.8 Å². The average Bonchev–Trinajstić information content (AvgIpc) is 2.82. The largest absolute Gasteiger partial charge is 0.341 e. The minimum atomic E-state index is -3.81. The molecule has 21 heavy (non-hydrogen) atoms. The van der Waals surface area contributed by atoms with E-state index in [-0.39, 0.29) is 11.1 Å². The fraction of sp³-hybridized carbons (Fsp3) is 0.769. The molecule has 1 saturated heterocycles. The van der Waals surface area contributed by atoms with E-state index in [1.54, 1.807) is 11.9 Å². The summed E-state index contributed by atoms with van der Waals surface area (Å²) in [5.41, 5.74) is 0. The summed E-state index contributed by atoms with van der Waals surface area (Å²) in [5.74, 6) is 0.432. The highest BCUT2D eigenvalue weighted by atomic mass is 32.2. The number of sulfone groups is 1. The lowest BCUT2D eigenvalue weighted by atomic mass is 9.92. The average molecular weight is 314 g/mol. The number of amides is 1. The van der Waals surface area contributed by atoms with Gasteiger partial charge in [0, 0.05) is 20.1 Å². The summed E-state index contributed by atoms with van der Waals surface area (Å²) in [5, 5.41) is 5.89. The first-order valence-corrected chi connectivity index (χ1v) is 8.64. The van der Waals surface area contributed by atoms with Gasteiger partial charge >= 0.3 is 0 Å². The lowest BCUT2D eigenvalue weighted by molar-refractivity contribution is -0.133. The van der Waals surface area contributed by atoms with Gasteiger partial charge in [0.05, 0.1) is 0 Å². The lowest BCUT2D eigenvalue weighted by Gasteiger charge is -2.36. The molecule has 0 unspecified atom stereocenters. The van der Waals surface area contributed by atoms with Crippen molar-refractivity contribution in [1.82, 2.24) is 19.7 Å². The van der Waals surface area contributed by atoms with Gasteiger partial charge in [-0.1, -0.05) is 13.8 Å². The fourth-order valence-electron chi connectivity index (χ4n) is 2.92. The van der Waals surface area contributed by atoms with Crippen LogP contribution in [0.4, 0.5) is 0 Å². The van der Waals surface area contributed by atoms with Gasteiger partial charge in [-0.05, 0) is 25.2 Å². The minimum Gasteiger partial charge on any atom is -0.341 e. The third-order valence-corrected chi connectivity index (χ3v) is 5.93. The normalized spacial score (nSPS) is 24.9. The van der Waals surface area contributed by atoms with E-state index in [9.17, 15) is 13.2 Å². The summed E-state index contributed by atoms with van der Waals surface area (Å²) in [4.78, 5) is 14.2. The molecule has 8 heteroatoms. The highest BCUT2D eigenvalue weighted by molar-refractivity contribution is 7.92. The van der Waals surface area contributed by atoms with E-state index in [0.29, 0.717) is 24.9 Å². The highest BCUT2D eigenvalue weighted by Gasteiger charge is 2.37. The molecule has 1 aliphatic rings. The molecule has 0 saturated carbocycles. The van der Waals surface area contributed by atoms with Crippen molar-refractivity contribution >= 4 is 15.7 Å². The maximum Gasteiger partial charge on any atom is 0.250 e. The Bertz CT molecular complexity index is 615. The first kappa shape index (κ1) is 15.9. The first-order chi connectivity index (χ1) is 9.73. The smallest absolute Gasteiger partial charge is 0.250 e. The number of piperidine rings is 1. The Hall–Kier alpha value is -1.44. The van der Waals surface area contributed by atoms with E-state index < -0.39 is 15.1 Å². The van der Waals surface area contributed by atoms with Crippen LogP contribution in [0.3, 0.4) is 0 Å². The van der Waals surface area contributed by atoms with Crippen molar-refractivity contribution in [3.63, 3.8) is 0 Å². The van der Waals surface area contributed by atoms with Crippen molar-refractivity contribution in [2.45, 2.75) is 37.6 Å². The molecule has 118 valence electrons. The quantitative estimate of drug-likeness (QED) is 0.810. The molecule has 1 amide bonds. The van der Waals surface area contributed by atoms with E-state index in [1.807, 2.05) is 0 Å². The Balaban J connectivity index is 2.21. The predicted octanol–water partition coefficient (Wildman–Crippen LogP) is 0.482. The van der Waals surface area contributed by atoms with Gasteiger partial charge < -0.3 is 9.47 Å². The molecule has 2 heterocycles. The zero-order chi connectivity index (χ0) is 15.8. The van der Waals surface area contributed by atoms with Crippen molar-refractivity contribution in [3.8, 4) is 0 Å². The summed E-state index contributed by atoms with van der Waals surface area (Å²) in [6.45, 7) is 6.82. The number of aryl methyl sites for hydroxylation is 1. The predicted molar refractivity (Wildman–Crippen MR) is 77.2 cm³/mol. The Labute approximate surface area is 125 Å². The van der Waals surface area contributed by atoms with Gasteiger partial charge in [0.25, 0.3) is 0 Å². The van der Waals surface area contributed by atoms with Crippen LogP contribution in [0.2, 0.25) is 0 Å². The summed E-state index contributed by atoms with van der Waals surface area (Å²) >= 11 is 0. The van der Waals surface area contributed by atoms with Crippen LogP contribution in [0.15, 0.2) is 11.5 Å². The van der Waals surface area contributed by atoms with Gasteiger partial charge in [-0.3, -0.25) is 4.79 Å². The molecule has 1 aromatic heterocycles. The molecule has 0 aromatic carbocycles. The van der Waals surface area contributed by atoms with E-state index >= 15 is 0 Å². The minimum absolute atomic E-state index is 0.165. The number of rotatable bonds is 3. The third-order valence-electron chi connectivity index (χ3n) is 3.92. The Kier molecular flexibility index (Phi) is 4.36. The van der Waals surface area contributed by atoms with Gasteiger partial charge in [-0.15, -0.1) is 10.2 Å². The van der Waals surface area contributed by atoms with Gasteiger partial charge in [0.1, 0.15) is 11.6 Å². The lowest BCUT2D eigenvalue weighted by Crippen LogP contribution is -2.48. The molecule has 0 N–H and O–H groups in total.